The van der Waals surface area contributed by atoms with Crippen LogP contribution in [0.25, 0.3) is 0 Å². The molecule has 0 saturated carbocycles. The third-order valence-corrected chi connectivity index (χ3v) is 6.24. The Morgan fingerprint density at radius 1 is 0.975 bits per heavy atom. The molecule has 0 spiro atoms. The second-order valence-electron chi connectivity index (χ2n) is 7.81. The average molecular weight is 592 g/mol. The smallest absolute Gasteiger partial charge is 0.481 e. The number of alkyl halides is 3. The van der Waals surface area contributed by atoms with E-state index in [0.29, 0.717) is 30.1 Å². The summed E-state index contributed by atoms with van der Waals surface area (Å²) in [6.07, 6.45) is -5.04. The fourth-order valence-electron chi connectivity index (χ4n) is 2.99. The van der Waals surface area contributed by atoms with E-state index >= 15 is 0 Å². The molecule has 0 saturated heterocycles. The zero-order valence-corrected chi connectivity index (χ0v) is 21.7. The third-order valence-electron chi connectivity index (χ3n) is 4.77. The predicted octanol–water partition coefficient (Wildman–Crippen LogP) is 1.39. The molecule has 2 rings (SSSR count). The fourth-order valence-corrected chi connectivity index (χ4v) is 4.19. The van der Waals surface area contributed by atoms with E-state index < -0.39 is 59.1 Å². The number of hydrogen-bond donors (Lipinski definition) is 5. The summed E-state index contributed by atoms with van der Waals surface area (Å²) in [4.78, 5) is 50.1. The number of benzene rings is 1. The maximum absolute atomic E-state index is 12.8. The number of aliphatic carboxylic acids is 2. The second kappa shape index (κ2) is 16.1. The molecule has 40 heavy (non-hydrogen) atoms. The van der Waals surface area contributed by atoms with Gasteiger partial charge in [-0.25, -0.2) is 18.2 Å². The zero-order valence-electron chi connectivity index (χ0n) is 20.9. The molecule has 6 N–H and O–H groups in total. The van der Waals surface area contributed by atoms with Gasteiger partial charge in [0.1, 0.15) is 12.0 Å². The van der Waals surface area contributed by atoms with Crippen molar-refractivity contribution in [1.82, 2.24) is 14.6 Å². The molecule has 0 fully saturated rings. The summed E-state index contributed by atoms with van der Waals surface area (Å²) in [5.74, 6) is -5.06. The standard InChI is InChI=1S/C21H27N5O6S.C2HF3O2/c22-15-20(28)26(19(27)11-5-7-13-24-17-10-4-6-12-23-17)18(14-21(29)30)25-33(31,32)16-8-2-1-3-9-16;3-2(4,5)1(6)7/h1-4,6,8-10,12,18,25H,5,7,11,13-15,22H2,(H,23,24)(H,29,30);(H,6,7)/t18-;/m1./s1. The first-order valence-corrected chi connectivity index (χ1v) is 13.0. The van der Waals surface area contributed by atoms with E-state index in [1.165, 1.54) is 24.3 Å². The van der Waals surface area contributed by atoms with Crippen LogP contribution in [-0.2, 0) is 29.2 Å². The van der Waals surface area contributed by atoms with Crippen LogP contribution in [-0.4, -0.2) is 77.7 Å². The fraction of sp³-hybridized carbons (Fsp3) is 0.348. The maximum Gasteiger partial charge on any atom is 0.490 e. The van der Waals surface area contributed by atoms with Gasteiger partial charge < -0.3 is 21.3 Å². The van der Waals surface area contributed by atoms with Crippen LogP contribution in [0.4, 0.5) is 19.0 Å². The topological polar surface area (TPSA) is 209 Å². The van der Waals surface area contributed by atoms with E-state index in [0.717, 1.165) is 0 Å². The number of sulfonamides is 1. The Kier molecular flexibility index (Phi) is 13.7. The molecule has 0 radical (unpaired) electrons. The number of pyridine rings is 1. The van der Waals surface area contributed by atoms with E-state index in [4.69, 9.17) is 15.6 Å². The number of amides is 2. The van der Waals surface area contributed by atoms with Crippen molar-refractivity contribution in [3.8, 4) is 0 Å². The first kappa shape index (κ1) is 33.9. The summed E-state index contributed by atoms with van der Waals surface area (Å²) in [5.41, 5.74) is 5.41. The van der Waals surface area contributed by atoms with E-state index in [1.54, 1.807) is 24.4 Å². The molecule has 1 aromatic carbocycles. The molecule has 1 aromatic heterocycles. The third kappa shape index (κ3) is 12.2. The minimum atomic E-state index is -5.08. The van der Waals surface area contributed by atoms with Gasteiger partial charge >= 0.3 is 18.1 Å². The van der Waals surface area contributed by atoms with Crippen LogP contribution in [0.2, 0.25) is 0 Å². The van der Waals surface area contributed by atoms with Crippen LogP contribution in [0.15, 0.2) is 59.6 Å². The molecule has 1 atom stereocenters. The summed E-state index contributed by atoms with van der Waals surface area (Å²) in [5, 5.41) is 19.5. The lowest BCUT2D eigenvalue weighted by molar-refractivity contribution is -0.192. The van der Waals surface area contributed by atoms with E-state index in [-0.39, 0.29) is 11.3 Å². The first-order chi connectivity index (χ1) is 18.7. The summed E-state index contributed by atoms with van der Waals surface area (Å²) in [7, 11) is -4.20. The van der Waals surface area contributed by atoms with Crippen molar-refractivity contribution >= 4 is 39.6 Å². The van der Waals surface area contributed by atoms with Crippen molar-refractivity contribution in [2.45, 2.75) is 42.9 Å². The molecule has 0 aliphatic heterocycles. The highest BCUT2D eigenvalue weighted by Crippen LogP contribution is 2.15. The van der Waals surface area contributed by atoms with Gasteiger partial charge in [0.2, 0.25) is 21.8 Å². The molecule has 0 unspecified atom stereocenters. The molecular formula is C23H28F3N5O8S. The Balaban J connectivity index is 0.00000101. The van der Waals surface area contributed by atoms with Gasteiger partial charge in [0, 0.05) is 19.2 Å². The van der Waals surface area contributed by atoms with Gasteiger partial charge in [0.05, 0.1) is 17.9 Å². The number of unbranched alkanes of at least 4 members (excludes halogenated alkanes) is 1. The number of nitrogens with two attached hydrogens (primary N) is 1. The molecular weight excluding hydrogens is 563 g/mol. The van der Waals surface area contributed by atoms with E-state index in [9.17, 15) is 41.1 Å². The van der Waals surface area contributed by atoms with Crippen molar-refractivity contribution in [2.24, 2.45) is 5.73 Å². The lowest BCUT2D eigenvalue weighted by Gasteiger charge is -2.29. The lowest BCUT2D eigenvalue weighted by Crippen LogP contribution is -2.55. The Morgan fingerprint density at radius 2 is 1.57 bits per heavy atom. The van der Waals surface area contributed by atoms with Gasteiger partial charge in [-0.3, -0.25) is 19.3 Å². The minimum Gasteiger partial charge on any atom is -0.481 e. The highest BCUT2D eigenvalue weighted by molar-refractivity contribution is 7.89. The van der Waals surface area contributed by atoms with Crippen LogP contribution in [0.5, 0.6) is 0 Å². The summed E-state index contributed by atoms with van der Waals surface area (Å²) < 4.78 is 59.3. The van der Waals surface area contributed by atoms with E-state index in [1.807, 2.05) is 6.07 Å². The number of carbonyl (C=O) groups is 4. The molecule has 2 amide bonds. The Bertz CT molecular complexity index is 1230. The molecule has 13 nitrogen and oxygen atoms in total. The number of anilines is 1. The first-order valence-electron chi connectivity index (χ1n) is 11.5. The number of rotatable bonds is 13. The van der Waals surface area contributed by atoms with Crippen molar-refractivity contribution < 1.29 is 51.0 Å². The molecule has 0 aliphatic carbocycles. The number of hydrogen-bond acceptors (Lipinski definition) is 9. The predicted molar refractivity (Wildman–Crippen MR) is 134 cm³/mol. The number of nitrogens with one attached hydrogen (secondary N) is 2. The van der Waals surface area contributed by atoms with Crippen molar-refractivity contribution in [3.63, 3.8) is 0 Å². The monoisotopic (exact) mass is 591 g/mol. The van der Waals surface area contributed by atoms with Gasteiger partial charge in [-0.15, -0.1) is 0 Å². The number of carbonyl (C=O) groups excluding carboxylic acids is 2. The van der Waals surface area contributed by atoms with Crippen LogP contribution in [0, 0.1) is 0 Å². The number of aromatic nitrogens is 1. The van der Waals surface area contributed by atoms with Gasteiger partial charge in [-0.1, -0.05) is 24.3 Å². The van der Waals surface area contributed by atoms with Gasteiger partial charge in [0.15, 0.2) is 0 Å². The molecule has 17 heteroatoms. The minimum absolute atomic E-state index is 0.0984. The highest BCUT2D eigenvalue weighted by Gasteiger charge is 2.38. The SMILES string of the molecule is NCC(=O)N(C(=O)CCCCNc1ccccn1)[C@H](CC(=O)O)NS(=O)(=O)c1ccccc1.O=C(O)C(F)(F)F. The Morgan fingerprint density at radius 3 is 2.08 bits per heavy atom. The number of halogens is 3. The normalized spacial score (nSPS) is 11.9. The number of imide groups is 1. The summed E-state index contributed by atoms with van der Waals surface area (Å²) >= 11 is 0. The van der Waals surface area contributed by atoms with Crippen LogP contribution in [0.1, 0.15) is 25.7 Å². The Hall–Kier alpha value is -4.09. The van der Waals surface area contributed by atoms with Crippen LogP contribution in [0.3, 0.4) is 0 Å². The average Bonchev–Trinajstić information content (AvgIpc) is 2.88. The molecule has 1 heterocycles. The van der Waals surface area contributed by atoms with Crippen molar-refractivity contribution in [2.75, 3.05) is 18.4 Å². The van der Waals surface area contributed by atoms with E-state index in [2.05, 4.69) is 15.0 Å². The number of carboxylic acid groups (broad SMARTS) is 2. The molecule has 0 aliphatic rings. The lowest BCUT2D eigenvalue weighted by atomic mass is 10.2. The maximum atomic E-state index is 12.8. The molecule has 220 valence electrons. The zero-order chi connectivity index (χ0) is 30.3. The van der Waals surface area contributed by atoms with Gasteiger partial charge in [-0.2, -0.15) is 17.9 Å². The highest BCUT2D eigenvalue weighted by atomic mass is 32.2. The van der Waals surface area contributed by atoms with Crippen LogP contribution >= 0.6 is 0 Å². The van der Waals surface area contributed by atoms with Crippen molar-refractivity contribution in [3.05, 3.63) is 54.7 Å². The molecule has 0 bridgehead atoms. The summed E-state index contributed by atoms with van der Waals surface area (Å²) in [6, 6.07) is 12.6. The largest absolute Gasteiger partial charge is 0.490 e. The number of nitrogens with zero attached hydrogens (tertiary/aromatic N) is 2. The second-order valence-corrected chi connectivity index (χ2v) is 9.53. The van der Waals surface area contributed by atoms with Gasteiger partial charge in [0.25, 0.3) is 0 Å². The summed E-state index contributed by atoms with van der Waals surface area (Å²) in [6.45, 7) is -0.0650. The molecule has 2 aromatic rings. The van der Waals surface area contributed by atoms with Crippen molar-refractivity contribution in [1.29, 1.82) is 0 Å². The Labute approximate surface area is 227 Å². The van der Waals surface area contributed by atoms with Gasteiger partial charge in [-0.05, 0) is 37.1 Å². The quantitative estimate of drug-likeness (QED) is 0.166. The number of carboxylic acids is 2. The van der Waals surface area contributed by atoms with Crippen LogP contribution < -0.4 is 15.8 Å².